The van der Waals surface area contributed by atoms with Crippen LogP contribution in [0.5, 0.6) is 0 Å². The zero-order valence-electron chi connectivity index (χ0n) is 10.4. The summed E-state index contributed by atoms with van der Waals surface area (Å²) in [5, 5.41) is 15.1. The molecule has 2 N–H and O–H groups in total. The molecule has 3 rings (SSSR count). The van der Waals surface area contributed by atoms with Gasteiger partial charge in [-0.15, -0.1) is 0 Å². The van der Waals surface area contributed by atoms with Crippen LogP contribution < -0.4 is 10.6 Å². The lowest BCUT2D eigenvalue weighted by Gasteiger charge is -2.27. The van der Waals surface area contributed by atoms with E-state index in [2.05, 4.69) is 21.1 Å². The summed E-state index contributed by atoms with van der Waals surface area (Å²) in [4.78, 5) is 23.5. The third-order valence-corrected chi connectivity index (χ3v) is 2.89. The topological polar surface area (TPSA) is 89.4 Å². The van der Waals surface area contributed by atoms with Crippen LogP contribution in [-0.4, -0.2) is 28.2 Å². The Morgan fingerprint density at radius 1 is 1.30 bits per heavy atom. The Kier molecular flexibility index (Phi) is 3.04. The number of carbonyl (C=O) groups excluding carboxylic acids is 2. The number of hydrogen-bond donors (Lipinski definition) is 2. The average molecular weight is 272 g/mol. The van der Waals surface area contributed by atoms with Crippen molar-refractivity contribution in [2.24, 2.45) is 10.4 Å². The number of urea groups is 1. The maximum Gasteiger partial charge on any atom is 0.343 e. The smallest absolute Gasteiger partial charge is 0.343 e. The predicted molar refractivity (Wildman–Crippen MR) is 68.3 cm³/mol. The lowest BCUT2D eigenvalue weighted by molar-refractivity contribution is -0.130. The van der Waals surface area contributed by atoms with Crippen molar-refractivity contribution in [3.63, 3.8) is 0 Å². The highest BCUT2D eigenvalue weighted by atomic mass is 16.2. The molecule has 102 valence electrons. The third kappa shape index (κ3) is 2.18. The number of carbonyl (C=O) groups is 2. The van der Waals surface area contributed by atoms with Gasteiger partial charge in [-0.05, 0) is 16.0 Å². The van der Waals surface area contributed by atoms with Crippen molar-refractivity contribution < 1.29 is 9.59 Å². The Morgan fingerprint density at radius 3 is 2.90 bits per heavy atom. The van der Waals surface area contributed by atoms with Crippen LogP contribution in [0.3, 0.4) is 0 Å². The fourth-order valence-electron chi connectivity index (χ4n) is 1.88. The van der Waals surface area contributed by atoms with E-state index in [9.17, 15) is 9.59 Å². The molecular formula is C12H12N6O2. The number of fused-ring (bicyclic) bond motifs is 1. The van der Waals surface area contributed by atoms with Crippen molar-refractivity contribution >= 4 is 11.9 Å². The van der Waals surface area contributed by atoms with Gasteiger partial charge in [-0.3, -0.25) is 4.79 Å². The summed E-state index contributed by atoms with van der Waals surface area (Å²) >= 11 is 0. The highest BCUT2D eigenvalue weighted by molar-refractivity contribution is 5.88. The number of amides is 3. The summed E-state index contributed by atoms with van der Waals surface area (Å²) in [6.07, 6.45) is 2.08. The van der Waals surface area contributed by atoms with Crippen molar-refractivity contribution in [1.82, 2.24) is 20.7 Å². The first-order valence-electron chi connectivity index (χ1n) is 6.04. The van der Waals surface area contributed by atoms with Crippen LogP contribution >= 0.6 is 0 Å². The first-order valence-corrected chi connectivity index (χ1v) is 6.04. The van der Waals surface area contributed by atoms with Gasteiger partial charge in [0.1, 0.15) is 0 Å². The summed E-state index contributed by atoms with van der Waals surface area (Å²) in [6.45, 7) is 0.377. The van der Waals surface area contributed by atoms with E-state index in [-0.39, 0.29) is 5.91 Å². The minimum absolute atomic E-state index is 0.323. The molecule has 1 aromatic rings. The Hall–Kier alpha value is -2.90. The summed E-state index contributed by atoms with van der Waals surface area (Å²) in [6, 6.07) is 9.07. The largest absolute Gasteiger partial charge is 0.351 e. The molecule has 0 saturated heterocycles. The quantitative estimate of drug-likeness (QED) is 0.831. The average Bonchev–Trinajstić information content (AvgIpc) is 2.91. The molecule has 1 aromatic carbocycles. The number of hydrogen-bond acceptors (Lipinski definition) is 5. The van der Waals surface area contributed by atoms with Gasteiger partial charge >= 0.3 is 6.03 Å². The molecule has 0 aliphatic carbocycles. The molecule has 2 heterocycles. The van der Waals surface area contributed by atoms with Gasteiger partial charge in [0.2, 0.25) is 6.29 Å². The fourth-order valence-corrected chi connectivity index (χ4v) is 1.88. The van der Waals surface area contributed by atoms with E-state index in [0.717, 1.165) is 15.6 Å². The number of rotatable bonds is 2. The van der Waals surface area contributed by atoms with Crippen LogP contribution in [0.4, 0.5) is 4.79 Å². The summed E-state index contributed by atoms with van der Waals surface area (Å²) in [5.41, 5.74) is 0.974. The molecule has 8 heteroatoms. The molecule has 3 amide bonds. The second kappa shape index (κ2) is 5.00. The number of nitrogens with one attached hydrogen (secondary N) is 2. The number of nitrogens with zero attached hydrogens (tertiary/aromatic N) is 4. The molecule has 0 saturated carbocycles. The SMILES string of the molecule is O=C1C=CNC2N1N=NN2C(=O)NCc1ccccc1. The normalized spacial score (nSPS) is 19.8. The zero-order chi connectivity index (χ0) is 13.9. The van der Waals surface area contributed by atoms with E-state index < -0.39 is 12.3 Å². The molecule has 0 spiro atoms. The molecular weight excluding hydrogens is 260 g/mol. The van der Waals surface area contributed by atoms with Crippen molar-refractivity contribution in [1.29, 1.82) is 0 Å². The number of benzene rings is 1. The van der Waals surface area contributed by atoms with E-state index in [1.807, 2.05) is 30.3 Å². The summed E-state index contributed by atoms with van der Waals surface area (Å²) < 4.78 is 0. The first kappa shape index (κ1) is 12.2. The molecule has 1 atom stereocenters. The Bertz CT molecular complexity index is 585. The predicted octanol–water partition coefficient (Wildman–Crippen LogP) is 0.723. The standard InChI is InChI=1S/C12H12N6O2/c19-10-6-7-13-11-17(10)15-16-18(11)12(20)14-8-9-4-2-1-3-5-9/h1-7,11,13H,8H2,(H,14,20). The van der Waals surface area contributed by atoms with E-state index in [1.54, 1.807) is 0 Å². The van der Waals surface area contributed by atoms with Gasteiger partial charge in [0.25, 0.3) is 5.91 Å². The van der Waals surface area contributed by atoms with Crippen LogP contribution in [0.15, 0.2) is 53.1 Å². The maximum absolute atomic E-state index is 12.0. The molecule has 2 aliphatic rings. The van der Waals surface area contributed by atoms with Crippen LogP contribution in [0.1, 0.15) is 5.56 Å². The van der Waals surface area contributed by atoms with Crippen molar-refractivity contribution in [3.8, 4) is 0 Å². The Morgan fingerprint density at radius 2 is 2.10 bits per heavy atom. The van der Waals surface area contributed by atoms with Gasteiger partial charge in [0.05, 0.1) is 0 Å². The highest BCUT2D eigenvalue weighted by Crippen LogP contribution is 2.17. The van der Waals surface area contributed by atoms with Gasteiger partial charge in [-0.1, -0.05) is 30.3 Å². The highest BCUT2D eigenvalue weighted by Gasteiger charge is 2.38. The second-order valence-electron chi connectivity index (χ2n) is 4.22. The monoisotopic (exact) mass is 272 g/mol. The van der Waals surface area contributed by atoms with Crippen molar-refractivity contribution in [3.05, 3.63) is 48.2 Å². The lowest BCUT2D eigenvalue weighted by atomic mass is 10.2. The molecule has 0 bridgehead atoms. The molecule has 1 unspecified atom stereocenters. The minimum Gasteiger partial charge on any atom is -0.351 e. The molecule has 2 aliphatic heterocycles. The van der Waals surface area contributed by atoms with Crippen LogP contribution in [0.25, 0.3) is 0 Å². The van der Waals surface area contributed by atoms with Crippen LogP contribution in [0, 0.1) is 0 Å². The van der Waals surface area contributed by atoms with Gasteiger partial charge in [0.15, 0.2) is 0 Å². The van der Waals surface area contributed by atoms with Crippen molar-refractivity contribution in [2.75, 3.05) is 0 Å². The molecule has 0 fully saturated rings. The van der Waals surface area contributed by atoms with Crippen LogP contribution in [-0.2, 0) is 11.3 Å². The fraction of sp³-hybridized carbons (Fsp3) is 0.167. The van der Waals surface area contributed by atoms with E-state index in [1.165, 1.54) is 12.3 Å². The molecule has 0 radical (unpaired) electrons. The van der Waals surface area contributed by atoms with E-state index in [4.69, 9.17) is 0 Å². The Balaban J connectivity index is 1.62. The maximum atomic E-state index is 12.0. The molecule has 0 aromatic heterocycles. The van der Waals surface area contributed by atoms with Gasteiger partial charge in [-0.2, -0.15) is 10.0 Å². The van der Waals surface area contributed by atoms with Gasteiger partial charge < -0.3 is 10.6 Å². The van der Waals surface area contributed by atoms with Gasteiger partial charge in [0, 0.05) is 18.8 Å². The van der Waals surface area contributed by atoms with Crippen molar-refractivity contribution in [2.45, 2.75) is 12.8 Å². The molecule has 20 heavy (non-hydrogen) atoms. The van der Waals surface area contributed by atoms with E-state index in [0.29, 0.717) is 6.54 Å². The lowest BCUT2D eigenvalue weighted by Crippen LogP contribution is -2.55. The third-order valence-electron chi connectivity index (χ3n) is 2.89. The molecule has 8 nitrogen and oxygen atoms in total. The Labute approximate surface area is 114 Å². The first-order chi connectivity index (χ1) is 9.75. The van der Waals surface area contributed by atoms with E-state index >= 15 is 0 Å². The minimum atomic E-state index is -0.705. The van der Waals surface area contributed by atoms with Crippen LogP contribution in [0.2, 0.25) is 0 Å². The van der Waals surface area contributed by atoms with Gasteiger partial charge in [-0.25, -0.2) is 4.79 Å². The zero-order valence-corrected chi connectivity index (χ0v) is 10.4. The second-order valence-corrected chi connectivity index (χ2v) is 4.22. The summed E-state index contributed by atoms with van der Waals surface area (Å²) in [7, 11) is 0. The summed E-state index contributed by atoms with van der Waals surface area (Å²) in [5.74, 6) is -0.323.